The molecule has 0 aliphatic carbocycles. The molecule has 2 aromatic rings. The summed E-state index contributed by atoms with van der Waals surface area (Å²) in [5, 5.41) is 22.4. The highest BCUT2D eigenvalue weighted by molar-refractivity contribution is 6.07. The summed E-state index contributed by atoms with van der Waals surface area (Å²) in [5.74, 6) is -1.66. The van der Waals surface area contributed by atoms with Crippen LogP contribution in [0.3, 0.4) is 0 Å². The summed E-state index contributed by atoms with van der Waals surface area (Å²) in [4.78, 5) is 22.0. The van der Waals surface area contributed by atoms with Crippen LogP contribution in [0.5, 0.6) is 5.75 Å². The standard InChI is InChI=1S/C13H9FN2O4/c14-8-4-5-12(16(19)20)11(6-8)13(18)15-9-2-1-3-10(17)7-9/h1-7,17H,(H,15,18). The summed E-state index contributed by atoms with van der Waals surface area (Å²) in [6.45, 7) is 0. The predicted octanol–water partition coefficient (Wildman–Crippen LogP) is 2.69. The van der Waals surface area contributed by atoms with E-state index in [1.54, 1.807) is 0 Å². The number of phenols is 1. The molecular formula is C13H9FN2O4. The minimum Gasteiger partial charge on any atom is -0.508 e. The van der Waals surface area contributed by atoms with Crippen LogP contribution in [-0.2, 0) is 0 Å². The lowest BCUT2D eigenvalue weighted by Gasteiger charge is -2.06. The fraction of sp³-hybridized carbons (Fsp3) is 0. The number of phenolic OH excluding ortho intramolecular Hbond substituents is 1. The van der Waals surface area contributed by atoms with Crippen LogP contribution in [0.1, 0.15) is 10.4 Å². The number of rotatable bonds is 3. The lowest BCUT2D eigenvalue weighted by atomic mass is 10.1. The molecule has 0 heterocycles. The normalized spacial score (nSPS) is 10.1. The van der Waals surface area contributed by atoms with Gasteiger partial charge in [-0.05, 0) is 24.3 Å². The summed E-state index contributed by atoms with van der Waals surface area (Å²) in [6.07, 6.45) is 0. The highest BCUT2D eigenvalue weighted by Crippen LogP contribution is 2.22. The van der Waals surface area contributed by atoms with Gasteiger partial charge in [-0.1, -0.05) is 6.07 Å². The number of carbonyl (C=O) groups is 1. The molecule has 0 radical (unpaired) electrons. The molecule has 0 fully saturated rings. The van der Waals surface area contributed by atoms with Crippen LogP contribution < -0.4 is 5.32 Å². The molecule has 0 saturated heterocycles. The highest BCUT2D eigenvalue weighted by Gasteiger charge is 2.21. The van der Waals surface area contributed by atoms with E-state index in [4.69, 9.17) is 0 Å². The molecule has 1 amide bonds. The molecule has 102 valence electrons. The van der Waals surface area contributed by atoms with Crippen molar-refractivity contribution >= 4 is 17.3 Å². The van der Waals surface area contributed by atoms with Crippen molar-refractivity contribution in [2.45, 2.75) is 0 Å². The van der Waals surface area contributed by atoms with E-state index in [-0.39, 0.29) is 11.4 Å². The second kappa shape index (κ2) is 5.35. The Morgan fingerprint density at radius 3 is 2.65 bits per heavy atom. The van der Waals surface area contributed by atoms with Gasteiger partial charge in [-0.3, -0.25) is 14.9 Å². The number of nitrogens with zero attached hydrogens (tertiary/aromatic N) is 1. The molecule has 7 heteroatoms. The van der Waals surface area contributed by atoms with Crippen molar-refractivity contribution < 1.29 is 19.2 Å². The Bertz CT molecular complexity index is 688. The first-order valence-corrected chi connectivity index (χ1v) is 5.51. The van der Waals surface area contributed by atoms with Gasteiger partial charge in [-0.2, -0.15) is 0 Å². The zero-order chi connectivity index (χ0) is 14.7. The van der Waals surface area contributed by atoms with Gasteiger partial charge in [0.25, 0.3) is 11.6 Å². The molecular weight excluding hydrogens is 267 g/mol. The molecule has 0 aliphatic heterocycles. The molecule has 0 saturated carbocycles. The van der Waals surface area contributed by atoms with Gasteiger partial charge in [0.1, 0.15) is 17.1 Å². The lowest BCUT2D eigenvalue weighted by Crippen LogP contribution is -2.14. The number of benzene rings is 2. The van der Waals surface area contributed by atoms with Gasteiger partial charge in [-0.25, -0.2) is 4.39 Å². The molecule has 0 aromatic heterocycles. The van der Waals surface area contributed by atoms with Crippen molar-refractivity contribution in [2.24, 2.45) is 0 Å². The van der Waals surface area contributed by atoms with E-state index in [0.29, 0.717) is 0 Å². The maximum Gasteiger partial charge on any atom is 0.282 e. The fourth-order valence-electron chi connectivity index (χ4n) is 1.63. The SMILES string of the molecule is O=C(Nc1cccc(O)c1)c1cc(F)ccc1[N+](=O)[O-]. The van der Waals surface area contributed by atoms with Gasteiger partial charge in [0.15, 0.2) is 0 Å². The van der Waals surface area contributed by atoms with Gasteiger partial charge < -0.3 is 10.4 Å². The lowest BCUT2D eigenvalue weighted by molar-refractivity contribution is -0.385. The minimum absolute atomic E-state index is 0.0726. The Labute approximate surface area is 112 Å². The van der Waals surface area contributed by atoms with Gasteiger partial charge in [0, 0.05) is 17.8 Å². The molecule has 2 N–H and O–H groups in total. The molecule has 2 aromatic carbocycles. The number of hydrogen-bond donors (Lipinski definition) is 2. The van der Waals surface area contributed by atoms with E-state index < -0.39 is 27.9 Å². The zero-order valence-electron chi connectivity index (χ0n) is 10.0. The third-order valence-corrected chi connectivity index (χ3v) is 2.50. The zero-order valence-corrected chi connectivity index (χ0v) is 10.0. The Kier molecular flexibility index (Phi) is 3.60. The number of aromatic hydroxyl groups is 1. The van der Waals surface area contributed by atoms with Gasteiger partial charge in [-0.15, -0.1) is 0 Å². The number of nitrogens with one attached hydrogen (secondary N) is 1. The first-order valence-electron chi connectivity index (χ1n) is 5.51. The summed E-state index contributed by atoms with van der Waals surface area (Å²) in [5.41, 5.74) is -0.643. The van der Waals surface area contributed by atoms with Crippen molar-refractivity contribution in [3.8, 4) is 5.75 Å². The van der Waals surface area contributed by atoms with Crippen LogP contribution in [0.15, 0.2) is 42.5 Å². The van der Waals surface area contributed by atoms with Crippen LogP contribution in [0.25, 0.3) is 0 Å². The maximum atomic E-state index is 13.1. The number of anilines is 1. The van der Waals surface area contributed by atoms with Crippen LogP contribution in [-0.4, -0.2) is 15.9 Å². The summed E-state index contributed by atoms with van der Waals surface area (Å²) in [7, 11) is 0. The van der Waals surface area contributed by atoms with Gasteiger partial charge in [0.05, 0.1) is 4.92 Å². The summed E-state index contributed by atoms with van der Waals surface area (Å²) < 4.78 is 13.1. The topological polar surface area (TPSA) is 92.5 Å². The molecule has 20 heavy (non-hydrogen) atoms. The molecule has 0 atom stereocenters. The molecule has 0 bridgehead atoms. The van der Waals surface area contributed by atoms with Crippen LogP contribution in [0.2, 0.25) is 0 Å². The number of hydrogen-bond acceptors (Lipinski definition) is 4. The third kappa shape index (κ3) is 2.89. The Hall–Kier alpha value is -2.96. The average molecular weight is 276 g/mol. The van der Waals surface area contributed by atoms with Gasteiger partial charge in [0.2, 0.25) is 0 Å². The first-order chi connectivity index (χ1) is 9.47. The quantitative estimate of drug-likeness (QED) is 0.665. The number of amides is 1. The highest BCUT2D eigenvalue weighted by atomic mass is 19.1. The van der Waals surface area contributed by atoms with E-state index in [1.807, 2.05) is 0 Å². The average Bonchev–Trinajstić information content (AvgIpc) is 2.38. The van der Waals surface area contributed by atoms with E-state index >= 15 is 0 Å². The van der Waals surface area contributed by atoms with E-state index in [2.05, 4.69) is 5.32 Å². The second-order valence-corrected chi connectivity index (χ2v) is 3.92. The number of halogens is 1. The molecule has 2 rings (SSSR count). The molecule has 0 unspecified atom stereocenters. The van der Waals surface area contributed by atoms with E-state index in [0.717, 1.165) is 18.2 Å². The summed E-state index contributed by atoms with van der Waals surface area (Å²) >= 11 is 0. The Morgan fingerprint density at radius 2 is 2.00 bits per heavy atom. The number of nitro benzene ring substituents is 1. The van der Waals surface area contributed by atoms with E-state index in [9.17, 15) is 24.4 Å². The van der Waals surface area contributed by atoms with Crippen LogP contribution >= 0.6 is 0 Å². The minimum atomic E-state index is -0.832. The number of carbonyl (C=O) groups excluding carboxylic acids is 1. The molecule has 0 spiro atoms. The van der Waals surface area contributed by atoms with Crippen molar-refractivity contribution in [3.63, 3.8) is 0 Å². The number of nitro groups is 1. The smallest absolute Gasteiger partial charge is 0.282 e. The molecule has 0 aliphatic rings. The fourth-order valence-corrected chi connectivity index (χ4v) is 1.63. The Morgan fingerprint density at radius 1 is 1.25 bits per heavy atom. The van der Waals surface area contributed by atoms with E-state index in [1.165, 1.54) is 24.3 Å². The maximum absolute atomic E-state index is 13.1. The van der Waals surface area contributed by atoms with Crippen molar-refractivity contribution in [2.75, 3.05) is 5.32 Å². The van der Waals surface area contributed by atoms with Crippen LogP contribution in [0, 0.1) is 15.9 Å². The monoisotopic (exact) mass is 276 g/mol. The summed E-state index contributed by atoms with van der Waals surface area (Å²) in [6, 6.07) is 8.27. The van der Waals surface area contributed by atoms with Gasteiger partial charge >= 0.3 is 0 Å². The first kappa shape index (κ1) is 13.5. The van der Waals surface area contributed by atoms with Crippen molar-refractivity contribution in [3.05, 3.63) is 64.0 Å². The third-order valence-electron chi connectivity index (χ3n) is 2.50. The van der Waals surface area contributed by atoms with Crippen molar-refractivity contribution in [1.29, 1.82) is 0 Å². The largest absolute Gasteiger partial charge is 0.508 e. The van der Waals surface area contributed by atoms with Crippen LogP contribution in [0.4, 0.5) is 15.8 Å². The predicted molar refractivity (Wildman–Crippen MR) is 69.1 cm³/mol. The van der Waals surface area contributed by atoms with Crippen molar-refractivity contribution in [1.82, 2.24) is 0 Å². The Balaban J connectivity index is 2.34. The molecule has 6 nitrogen and oxygen atoms in total. The second-order valence-electron chi connectivity index (χ2n) is 3.92.